The number of alkyl halides is 3. The lowest BCUT2D eigenvalue weighted by molar-refractivity contribution is -0.294. The number of carbonyl (C=O) groups excluding carboxylic acids is 1. The van der Waals surface area contributed by atoms with Crippen LogP contribution in [-0.2, 0) is 16.1 Å². The van der Waals surface area contributed by atoms with Gasteiger partial charge in [0, 0.05) is 18.1 Å². The summed E-state index contributed by atoms with van der Waals surface area (Å²) in [7, 11) is 1.64. The first-order chi connectivity index (χ1) is 18.4. The van der Waals surface area contributed by atoms with Gasteiger partial charge in [0.1, 0.15) is 12.1 Å². The predicted octanol–water partition coefficient (Wildman–Crippen LogP) is 6.23. The fourth-order valence-corrected chi connectivity index (χ4v) is 9.87. The Balaban J connectivity index is 1.23. The maximum atomic E-state index is 13.8. The van der Waals surface area contributed by atoms with E-state index in [0.717, 1.165) is 37.6 Å². The Hall–Kier alpha value is -1.71. The molecular weight excluding hydrogens is 531 g/mol. The molecule has 6 rings (SSSR count). The van der Waals surface area contributed by atoms with E-state index in [0.29, 0.717) is 41.8 Å². The minimum atomic E-state index is -4.62. The van der Waals surface area contributed by atoms with Crippen LogP contribution in [0.3, 0.4) is 0 Å². The highest BCUT2D eigenvalue weighted by Crippen LogP contribution is 2.69. The fraction of sp³-hybridized carbons (Fsp3) is 0.759. The number of Topliss-reactive ketones (excluding diaryl/α,β-unsaturated/α-hetero) is 1. The second-order valence-corrected chi connectivity index (χ2v) is 13.5. The summed E-state index contributed by atoms with van der Waals surface area (Å²) in [5.41, 5.74) is -1.64. The molecule has 0 spiro atoms. The van der Waals surface area contributed by atoms with E-state index >= 15 is 0 Å². The van der Waals surface area contributed by atoms with Gasteiger partial charge in [0.05, 0.1) is 12.1 Å². The third-order valence-corrected chi connectivity index (χ3v) is 11.8. The van der Waals surface area contributed by atoms with Gasteiger partial charge in [-0.1, -0.05) is 23.7 Å². The molecule has 4 aliphatic carbocycles. The Kier molecular flexibility index (Phi) is 6.63. The number of methoxy groups -OCH3 is 1. The summed E-state index contributed by atoms with van der Waals surface area (Å²) in [5.74, 6) is 0.858. The Labute approximate surface area is 231 Å². The van der Waals surface area contributed by atoms with E-state index in [1.165, 1.54) is 0 Å². The molecule has 2 aromatic rings. The molecule has 0 saturated heterocycles. The first kappa shape index (κ1) is 27.5. The molecule has 1 aromatic carbocycles. The number of fused-ring (bicyclic) bond motifs is 6. The van der Waals surface area contributed by atoms with E-state index in [1.54, 1.807) is 23.9 Å². The molecule has 10 heteroatoms. The van der Waals surface area contributed by atoms with Crippen LogP contribution in [0.1, 0.15) is 64.7 Å². The summed E-state index contributed by atoms with van der Waals surface area (Å²) in [4.78, 5) is 13.7. The molecule has 0 aliphatic heterocycles. The smallest absolute Gasteiger partial charge is 0.384 e. The molecular formula is C29H37ClF3N3O3. The zero-order valence-corrected chi connectivity index (χ0v) is 23.3. The van der Waals surface area contributed by atoms with Crippen molar-refractivity contribution in [1.82, 2.24) is 15.0 Å². The van der Waals surface area contributed by atoms with Crippen LogP contribution < -0.4 is 0 Å². The van der Waals surface area contributed by atoms with E-state index in [-0.39, 0.29) is 53.8 Å². The number of ether oxygens (including phenoxy) is 1. The van der Waals surface area contributed by atoms with E-state index in [2.05, 4.69) is 17.2 Å². The normalized spacial score (nSPS) is 40.2. The first-order valence-corrected chi connectivity index (χ1v) is 14.6. The number of hydrogen-bond acceptors (Lipinski definition) is 5. The summed E-state index contributed by atoms with van der Waals surface area (Å²) in [6.45, 7) is 2.87. The average molecular weight is 568 g/mol. The Bertz CT molecular complexity index is 1270. The lowest BCUT2D eigenvalue weighted by atomic mass is 9.43. The van der Waals surface area contributed by atoms with Crippen LogP contribution in [0.5, 0.6) is 0 Å². The number of benzene rings is 1. The van der Waals surface area contributed by atoms with Crippen molar-refractivity contribution in [2.45, 2.75) is 83.0 Å². The zero-order chi connectivity index (χ0) is 27.8. The second kappa shape index (κ2) is 9.41. The Morgan fingerprint density at radius 3 is 2.69 bits per heavy atom. The van der Waals surface area contributed by atoms with Crippen molar-refractivity contribution in [3.63, 3.8) is 0 Å². The molecule has 39 heavy (non-hydrogen) atoms. The average Bonchev–Trinajstić information content (AvgIpc) is 3.43. The zero-order valence-electron chi connectivity index (χ0n) is 22.5. The van der Waals surface area contributed by atoms with Crippen LogP contribution in [0.4, 0.5) is 13.2 Å². The number of halogens is 4. The number of carbonyl (C=O) groups is 1. The monoisotopic (exact) mass is 567 g/mol. The topological polar surface area (TPSA) is 77.2 Å². The fourth-order valence-electron chi connectivity index (χ4n) is 9.70. The van der Waals surface area contributed by atoms with Gasteiger partial charge < -0.3 is 9.84 Å². The lowest BCUT2D eigenvalue weighted by Gasteiger charge is -2.62. The quantitative estimate of drug-likeness (QED) is 0.463. The molecule has 0 radical (unpaired) electrons. The van der Waals surface area contributed by atoms with Crippen molar-refractivity contribution >= 4 is 28.4 Å². The standard InChI is InChI=1S/C29H37ClF3N3O3/c1-26-10-9-21-19(5-3-17-14-28(38,29(31,32)33)12-11-27(17,21)16-39-2)20(26)6-7-22(26)25(37)15-36-24-8-4-18(30)13-23(24)34-35-36/h4,8,13,17,19-22,38H,3,5-7,9-12,14-16H2,1-2H3/t17-,19+,20+,21+,22-,26+,27?,28-/m1/s1. The molecule has 8 atom stereocenters. The summed E-state index contributed by atoms with van der Waals surface area (Å²) in [5, 5.41) is 19.5. The summed E-state index contributed by atoms with van der Waals surface area (Å²) in [6.07, 6.45) is 0.293. The van der Waals surface area contributed by atoms with Crippen LogP contribution in [-0.4, -0.2) is 51.4 Å². The minimum absolute atomic E-state index is 0.0761. The van der Waals surface area contributed by atoms with Gasteiger partial charge in [-0.15, -0.1) is 5.10 Å². The largest absolute Gasteiger partial charge is 0.417 e. The van der Waals surface area contributed by atoms with Crippen molar-refractivity contribution in [1.29, 1.82) is 0 Å². The molecule has 1 N–H and O–H groups in total. The third kappa shape index (κ3) is 4.16. The van der Waals surface area contributed by atoms with Crippen LogP contribution >= 0.6 is 11.6 Å². The molecule has 1 unspecified atom stereocenters. The first-order valence-electron chi connectivity index (χ1n) is 14.2. The maximum absolute atomic E-state index is 13.8. The molecule has 1 aromatic heterocycles. The molecule has 0 bridgehead atoms. The maximum Gasteiger partial charge on any atom is 0.417 e. The van der Waals surface area contributed by atoms with Gasteiger partial charge in [0.25, 0.3) is 0 Å². The number of aliphatic hydroxyl groups is 1. The highest BCUT2D eigenvalue weighted by molar-refractivity contribution is 6.31. The van der Waals surface area contributed by atoms with Gasteiger partial charge in [-0.25, -0.2) is 4.68 Å². The Morgan fingerprint density at radius 2 is 1.95 bits per heavy atom. The van der Waals surface area contributed by atoms with Crippen LogP contribution in [0.15, 0.2) is 18.2 Å². The summed E-state index contributed by atoms with van der Waals surface area (Å²) in [6, 6.07) is 5.36. The molecule has 6 nitrogen and oxygen atoms in total. The SMILES string of the molecule is COCC12CC[C@](O)(C(F)(F)F)C[C@H]1CC[C@@H]1[C@@H]2CC[C@]2(C)[C@@H](C(=O)Cn3nnc4cc(Cl)ccc43)CC[C@@H]12. The van der Waals surface area contributed by atoms with E-state index in [9.17, 15) is 23.1 Å². The molecule has 4 saturated carbocycles. The predicted molar refractivity (Wildman–Crippen MR) is 140 cm³/mol. The van der Waals surface area contributed by atoms with Gasteiger partial charge in [0.2, 0.25) is 0 Å². The number of nitrogens with zero attached hydrogens (tertiary/aromatic N) is 3. The highest BCUT2D eigenvalue weighted by atomic mass is 35.5. The van der Waals surface area contributed by atoms with Crippen molar-refractivity contribution in [3.8, 4) is 0 Å². The Morgan fingerprint density at radius 1 is 1.15 bits per heavy atom. The van der Waals surface area contributed by atoms with Gasteiger partial charge in [0.15, 0.2) is 11.4 Å². The molecule has 0 amide bonds. The van der Waals surface area contributed by atoms with E-state index in [1.807, 2.05) is 6.07 Å². The van der Waals surface area contributed by atoms with E-state index in [4.69, 9.17) is 16.3 Å². The number of rotatable bonds is 5. The van der Waals surface area contributed by atoms with Crippen LogP contribution in [0.2, 0.25) is 5.02 Å². The van der Waals surface area contributed by atoms with Gasteiger partial charge in [-0.05, 0) is 110 Å². The number of aromatic nitrogens is 3. The van der Waals surface area contributed by atoms with E-state index < -0.39 is 11.8 Å². The molecule has 214 valence electrons. The summed E-state index contributed by atoms with van der Waals surface area (Å²) < 4.78 is 48.7. The van der Waals surface area contributed by atoms with Gasteiger partial charge in [-0.2, -0.15) is 13.2 Å². The van der Waals surface area contributed by atoms with Crippen LogP contribution in [0.25, 0.3) is 11.0 Å². The minimum Gasteiger partial charge on any atom is -0.384 e. The van der Waals surface area contributed by atoms with Crippen molar-refractivity contribution in [2.24, 2.45) is 40.4 Å². The van der Waals surface area contributed by atoms with Crippen LogP contribution in [0, 0.1) is 40.4 Å². The van der Waals surface area contributed by atoms with Crippen molar-refractivity contribution in [2.75, 3.05) is 13.7 Å². The van der Waals surface area contributed by atoms with Gasteiger partial charge >= 0.3 is 6.18 Å². The molecule has 4 fully saturated rings. The molecule has 4 aliphatic rings. The molecule has 1 heterocycles. The van der Waals surface area contributed by atoms with Gasteiger partial charge in [-0.3, -0.25) is 4.79 Å². The number of hydrogen-bond donors (Lipinski definition) is 1. The van der Waals surface area contributed by atoms with Crippen molar-refractivity contribution in [3.05, 3.63) is 23.2 Å². The third-order valence-electron chi connectivity index (χ3n) is 11.5. The summed E-state index contributed by atoms with van der Waals surface area (Å²) >= 11 is 6.08. The van der Waals surface area contributed by atoms with Crippen molar-refractivity contribution < 1.29 is 27.8 Å². The lowest BCUT2D eigenvalue weighted by Crippen LogP contribution is -2.61. The second-order valence-electron chi connectivity index (χ2n) is 13.1. The highest BCUT2D eigenvalue weighted by Gasteiger charge is 2.66. The number of ketones is 1.